The molecule has 0 saturated heterocycles. The first kappa shape index (κ1) is 12.3. The molecule has 0 aliphatic heterocycles. The minimum Gasteiger partial charge on any atom is -0.216 e. The predicted octanol–water partition coefficient (Wildman–Crippen LogP) is 0.748. The second-order valence-electron chi connectivity index (χ2n) is 1.68. The lowest BCUT2D eigenvalue weighted by Gasteiger charge is -1.91. The van der Waals surface area contributed by atoms with Crippen molar-refractivity contribution in [2.45, 2.75) is 13.8 Å². The maximum atomic E-state index is 10.1. The number of sulfonamides is 1. The molecule has 0 aliphatic rings. The molecular formula is C6H15NO2S. The second-order valence-corrected chi connectivity index (χ2v) is 3.51. The Balaban J connectivity index is 0. The normalized spacial score (nSPS) is 9.50. The van der Waals surface area contributed by atoms with Crippen molar-refractivity contribution in [3.63, 3.8) is 0 Å². The molecule has 0 amide bonds. The highest BCUT2D eigenvalue weighted by atomic mass is 32.2. The van der Waals surface area contributed by atoms with Crippen molar-refractivity contribution in [3.05, 3.63) is 12.7 Å². The van der Waals surface area contributed by atoms with E-state index in [1.165, 1.54) is 0 Å². The molecule has 0 bridgehead atoms. The number of allylic oxidation sites excluding steroid dienone is 1. The maximum absolute atomic E-state index is 10.1. The van der Waals surface area contributed by atoms with Gasteiger partial charge < -0.3 is 0 Å². The summed E-state index contributed by atoms with van der Waals surface area (Å²) in [5, 5.41) is 0. The van der Waals surface area contributed by atoms with E-state index in [0.29, 0.717) is 6.54 Å². The summed E-state index contributed by atoms with van der Waals surface area (Å²) in [6.45, 7) is 7.46. The molecule has 0 radical (unpaired) electrons. The number of rotatable bonds is 2. The van der Waals surface area contributed by atoms with Crippen LogP contribution in [0.15, 0.2) is 12.7 Å². The van der Waals surface area contributed by atoms with Gasteiger partial charge in [0.15, 0.2) is 0 Å². The molecule has 0 aliphatic carbocycles. The van der Waals surface area contributed by atoms with Crippen LogP contribution in [0.5, 0.6) is 0 Å². The smallest absolute Gasteiger partial charge is 0.208 e. The average Bonchev–Trinajstić information content (AvgIpc) is 1.63. The first-order chi connectivity index (χ1) is 4.47. The molecule has 0 unspecified atom stereocenters. The molecule has 0 aromatic rings. The average molecular weight is 165 g/mol. The van der Waals surface area contributed by atoms with Gasteiger partial charge in [0.2, 0.25) is 10.0 Å². The summed E-state index contributed by atoms with van der Waals surface area (Å²) < 4.78 is 22.5. The Morgan fingerprint density at radius 1 is 1.60 bits per heavy atom. The summed E-state index contributed by atoms with van der Waals surface area (Å²) in [7, 11) is -2.92. The molecule has 0 heterocycles. The van der Waals surface area contributed by atoms with Crippen molar-refractivity contribution in [2.24, 2.45) is 0 Å². The van der Waals surface area contributed by atoms with E-state index in [1.54, 1.807) is 13.0 Å². The highest BCUT2D eigenvalue weighted by molar-refractivity contribution is 7.88. The van der Waals surface area contributed by atoms with Gasteiger partial charge in [-0.25, -0.2) is 13.1 Å². The highest BCUT2D eigenvalue weighted by Crippen LogP contribution is 1.67. The zero-order chi connectivity index (χ0) is 8.62. The van der Waals surface area contributed by atoms with Crippen LogP contribution < -0.4 is 4.72 Å². The van der Waals surface area contributed by atoms with Crippen LogP contribution in [0.1, 0.15) is 13.8 Å². The molecule has 0 spiro atoms. The fourth-order valence-electron chi connectivity index (χ4n) is 0.262. The first-order valence-electron chi connectivity index (χ1n) is 2.99. The van der Waals surface area contributed by atoms with Gasteiger partial charge in [0, 0.05) is 6.54 Å². The Morgan fingerprint density at radius 3 is 1.90 bits per heavy atom. The van der Waals surface area contributed by atoms with Gasteiger partial charge in [-0.05, 0) is 6.92 Å². The minimum atomic E-state index is -2.92. The van der Waals surface area contributed by atoms with Crippen LogP contribution in [0.2, 0.25) is 0 Å². The molecule has 1 N–H and O–H groups in total. The summed E-state index contributed by atoms with van der Waals surface area (Å²) in [6, 6.07) is 0. The van der Waals surface area contributed by atoms with E-state index >= 15 is 0 Å². The maximum Gasteiger partial charge on any atom is 0.208 e. The van der Waals surface area contributed by atoms with Gasteiger partial charge in [0.05, 0.1) is 6.26 Å². The van der Waals surface area contributed by atoms with Crippen molar-refractivity contribution < 1.29 is 8.42 Å². The highest BCUT2D eigenvalue weighted by Gasteiger charge is 1.92. The Bertz CT molecular complexity index is 161. The SMILES string of the molecule is C=CC.CCNS(C)(=O)=O. The van der Waals surface area contributed by atoms with Gasteiger partial charge in [0.25, 0.3) is 0 Å². The van der Waals surface area contributed by atoms with Gasteiger partial charge in [-0.3, -0.25) is 0 Å². The Labute approximate surface area is 63.2 Å². The first-order valence-corrected chi connectivity index (χ1v) is 4.88. The van der Waals surface area contributed by atoms with Crippen LogP contribution in [0, 0.1) is 0 Å². The van der Waals surface area contributed by atoms with E-state index in [2.05, 4.69) is 11.3 Å². The van der Waals surface area contributed by atoms with Crippen LogP contribution in [-0.4, -0.2) is 21.2 Å². The van der Waals surface area contributed by atoms with Crippen LogP contribution in [0.25, 0.3) is 0 Å². The number of hydrogen-bond acceptors (Lipinski definition) is 2. The van der Waals surface area contributed by atoms with Gasteiger partial charge in [0.1, 0.15) is 0 Å². The molecule has 0 fully saturated rings. The monoisotopic (exact) mass is 165 g/mol. The van der Waals surface area contributed by atoms with Crippen LogP contribution >= 0.6 is 0 Å². The topological polar surface area (TPSA) is 46.2 Å². The molecule has 0 rings (SSSR count). The van der Waals surface area contributed by atoms with E-state index in [4.69, 9.17) is 0 Å². The lowest BCUT2D eigenvalue weighted by Crippen LogP contribution is -2.20. The predicted molar refractivity (Wildman–Crippen MR) is 44.4 cm³/mol. The van der Waals surface area contributed by atoms with Crippen molar-refractivity contribution in [1.29, 1.82) is 0 Å². The largest absolute Gasteiger partial charge is 0.216 e. The molecule has 4 heteroatoms. The standard InChI is InChI=1S/C3H9NO2S.C3H6/c1-3-4-7(2,5)6;1-3-2/h4H,3H2,1-2H3;3H,1H2,2H3. The van der Waals surface area contributed by atoms with Crippen LogP contribution in [0.4, 0.5) is 0 Å². The minimum absolute atomic E-state index is 0.471. The molecule has 0 atom stereocenters. The van der Waals surface area contributed by atoms with Crippen molar-refractivity contribution in [2.75, 3.05) is 12.8 Å². The summed E-state index contributed by atoms with van der Waals surface area (Å²) in [5.74, 6) is 0. The third kappa shape index (κ3) is 25.4. The van der Waals surface area contributed by atoms with Crippen molar-refractivity contribution in [3.8, 4) is 0 Å². The number of nitrogens with one attached hydrogen (secondary N) is 1. The zero-order valence-corrected chi connectivity index (χ0v) is 7.53. The summed E-state index contributed by atoms with van der Waals surface area (Å²) in [5.41, 5.74) is 0. The summed E-state index contributed by atoms with van der Waals surface area (Å²) in [6.07, 6.45) is 2.89. The number of hydrogen-bond donors (Lipinski definition) is 1. The van der Waals surface area contributed by atoms with E-state index in [9.17, 15) is 8.42 Å². The van der Waals surface area contributed by atoms with Crippen LogP contribution in [0.3, 0.4) is 0 Å². The molecule has 0 aromatic heterocycles. The second kappa shape index (κ2) is 6.77. The summed E-state index contributed by atoms with van der Waals surface area (Å²) in [4.78, 5) is 0. The molecule has 0 aromatic carbocycles. The van der Waals surface area contributed by atoms with E-state index in [1.807, 2.05) is 6.92 Å². The lowest BCUT2D eigenvalue weighted by atomic mass is 10.8. The van der Waals surface area contributed by atoms with Gasteiger partial charge in [-0.15, -0.1) is 6.58 Å². The lowest BCUT2D eigenvalue weighted by molar-refractivity contribution is 0.590. The molecular weight excluding hydrogens is 150 g/mol. The quantitative estimate of drug-likeness (QED) is 0.614. The van der Waals surface area contributed by atoms with Crippen LogP contribution in [-0.2, 0) is 10.0 Å². The van der Waals surface area contributed by atoms with Crippen molar-refractivity contribution >= 4 is 10.0 Å². The zero-order valence-electron chi connectivity index (χ0n) is 6.72. The molecule has 62 valence electrons. The van der Waals surface area contributed by atoms with Gasteiger partial charge >= 0.3 is 0 Å². The Morgan fingerprint density at radius 2 is 1.90 bits per heavy atom. The summed E-state index contributed by atoms with van der Waals surface area (Å²) >= 11 is 0. The third-order valence-electron chi connectivity index (χ3n) is 0.407. The van der Waals surface area contributed by atoms with Gasteiger partial charge in [-0.2, -0.15) is 0 Å². The molecule has 3 nitrogen and oxygen atoms in total. The van der Waals surface area contributed by atoms with E-state index < -0.39 is 10.0 Å². The Hall–Kier alpha value is -0.350. The fraction of sp³-hybridized carbons (Fsp3) is 0.667. The fourth-order valence-corrected chi connectivity index (χ4v) is 0.787. The van der Waals surface area contributed by atoms with E-state index in [-0.39, 0.29) is 0 Å². The molecule has 0 saturated carbocycles. The van der Waals surface area contributed by atoms with Gasteiger partial charge in [-0.1, -0.05) is 13.0 Å². The van der Waals surface area contributed by atoms with E-state index in [0.717, 1.165) is 6.26 Å². The Kier molecular flexibility index (Phi) is 8.35. The third-order valence-corrected chi connectivity index (χ3v) is 1.22. The molecule has 10 heavy (non-hydrogen) atoms. The van der Waals surface area contributed by atoms with Crippen molar-refractivity contribution in [1.82, 2.24) is 4.72 Å².